The average Bonchev–Trinajstić information content (AvgIpc) is 3.27. The van der Waals surface area contributed by atoms with E-state index in [0.717, 1.165) is 0 Å². The lowest BCUT2D eigenvalue weighted by Gasteiger charge is -2.14. The molecule has 0 spiro atoms. The van der Waals surface area contributed by atoms with Gasteiger partial charge in [0, 0.05) is 0 Å². The van der Waals surface area contributed by atoms with Crippen LogP contribution in [0.5, 0.6) is 0 Å². The molecule has 0 radical (unpaired) electrons. The average molecular weight is 687 g/mol. The standard InChI is InChI=1S/C54H38/c1-4-14-39(15-5-1)42-28-30-43(31-29-42)52-36-53(50-26-12-24-48(34-50)46-22-10-20-44(32-46)40-16-6-2-7-17-40)38-54(37-52)51-27-13-25-49(35-51)47-23-11-21-45(33-47)41-18-8-3-9-19-41/h1-38H. The summed E-state index contributed by atoms with van der Waals surface area (Å²) in [6, 6.07) is 83.4. The minimum atomic E-state index is 1.19. The molecule has 0 fully saturated rings. The van der Waals surface area contributed by atoms with Gasteiger partial charge < -0.3 is 0 Å². The zero-order valence-electron chi connectivity index (χ0n) is 29.9. The zero-order valence-corrected chi connectivity index (χ0v) is 29.9. The highest BCUT2D eigenvalue weighted by Crippen LogP contribution is 2.37. The largest absolute Gasteiger partial charge is 0.0622 e. The van der Waals surface area contributed by atoms with E-state index >= 15 is 0 Å². The molecule has 0 heteroatoms. The molecular formula is C54H38. The monoisotopic (exact) mass is 686 g/mol. The molecule has 0 saturated carbocycles. The van der Waals surface area contributed by atoms with Crippen LogP contribution in [0.3, 0.4) is 0 Å². The van der Waals surface area contributed by atoms with Crippen LogP contribution in [0.25, 0.3) is 89.0 Å². The molecular weight excluding hydrogens is 649 g/mol. The van der Waals surface area contributed by atoms with Crippen molar-refractivity contribution in [2.45, 2.75) is 0 Å². The maximum atomic E-state index is 2.35. The molecule has 0 heterocycles. The molecule has 0 aliphatic carbocycles. The molecule has 9 aromatic rings. The van der Waals surface area contributed by atoms with Crippen molar-refractivity contribution in [1.29, 1.82) is 0 Å². The summed E-state index contributed by atoms with van der Waals surface area (Å²) in [5.74, 6) is 0. The maximum absolute atomic E-state index is 2.35. The quantitative estimate of drug-likeness (QED) is 0.149. The Morgan fingerprint density at radius 1 is 0.111 bits per heavy atom. The van der Waals surface area contributed by atoms with Gasteiger partial charge in [0.1, 0.15) is 0 Å². The maximum Gasteiger partial charge on any atom is -0.0171 e. The lowest BCUT2D eigenvalue weighted by molar-refractivity contribution is 1.54. The van der Waals surface area contributed by atoms with Crippen LogP contribution < -0.4 is 0 Å². The molecule has 0 amide bonds. The molecule has 0 unspecified atom stereocenters. The smallest absolute Gasteiger partial charge is 0.0171 e. The molecule has 0 nitrogen and oxygen atoms in total. The Kier molecular flexibility index (Phi) is 9.07. The predicted molar refractivity (Wildman–Crippen MR) is 230 cm³/mol. The summed E-state index contributed by atoms with van der Waals surface area (Å²) >= 11 is 0. The van der Waals surface area contributed by atoms with Gasteiger partial charge in [-0.15, -0.1) is 0 Å². The summed E-state index contributed by atoms with van der Waals surface area (Å²) in [5.41, 5.74) is 19.3. The molecule has 0 saturated heterocycles. The van der Waals surface area contributed by atoms with E-state index in [1.807, 2.05) is 0 Å². The Morgan fingerprint density at radius 3 is 0.593 bits per heavy atom. The first kappa shape index (κ1) is 32.9. The molecule has 9 aromatic carbocycles. The van der Waals surface area contributed by atoms with E-state index in [9.17, 15) is 0 Å². The molecule has 9 rings (SSSR count). The van der Waals surface area contributed by atoms with Crippen LogP contribution in [-0.2, 0) is 0 Å². The minimum absolute atomic E-state index is 1.19. The lowest BCUT2D eigenvalue weighted by atomic mass is 9.90. The fourth-order valence-corrected chi connectivity index (χ4v) is 7.39. The first-order chi connectivity index (χ1) is 26.7. The van der Waals surface area contributed by atoms with Crippen molar-refractivity contribution < 1.29 is 0 Å². The summed E-state index contributed by atoms with van der Waals surface area (Å²) in [6.07, 6.45) is 0. The van der Waals surface area contributed by atoms with E-state index in [0.29, 0.717) is 0 Å². The van der Waals surface area contributed by atoms with Crippen LogP contribution in [0.1, 0.15) is 0 Å². The molecule has 254 valence electrons. The zero-order chi connectivity index (χ0) is 36.1. The number of benzene rings is 9. The Labute approximate surface area is 318 Å². The summed E-state index contributed by atoms with van der Waals surface area (Å²) in [5, 5.41) is 0. The van der Waals surface area contributed by atoms with Crippen molar-refractivity contribution >= 4 is 0 Å². The van der Waals surface area contributed by atoms with Crippen LogP contribution in [0.2, 0.25) is 0 Å². The summed E-state index contributed by atoms with van der Waals surface area (Å²) in [6.45, 7) is 0. The predicted octanol–water partition coefficient (Wildman–Crippen LogP) is 15.0. The van der Waals surface area contributed by atoms with Crippen molar-refractivity contribution in [2.75, 3.05) is 0 Å². The number of rotatable bonds is 8. The van der Waals surface area contributed by atoms with Gasteiger partial charge in [0.05, 0.1) is 0 Å². The second-order valence-corrected chi connectivity index (χ2v) is 13.8. The normalized spacial score (nSPS) is 11.0. The first-order valence-electron chi connectivity index (χ1n) is 18.6. The van der Waals surface area contributed by atoms with Gasteiger partial charge >= 0.3 is 0 Å². The first-order valence-corrected chi connectivity index (χ1v) is 18.6. The van der Waals surface area contributed by atoms with Gasteiger partial charge in [-0.1, -0.05) is 188 Å². The molecule has 54 heavy (non-hydrogen) atoms. The van der Waals surface area contributed by atoms with Crippen LogP contribution in [0, 0.1) is 0 Å². The van der Waals surface area contributed by atoms with Crippen molar-refractivity contribution in [3.8, 4) is 89.0 Å². The van der Waals surface area contributed by atoms with Gasteiger partial charge in [0.15, 0.2) is 0 Å². The number of hydrogen-bond acceptors (Lipinski definition) is 0. The summed E-state index contributed by atoms with van der Waals surface area (Å²) in [7, 11) is 0. The fraction of sp³-hybridized carbons (Fsp3) is 0. The van der Waals surface area contributed by atoms with Gasteiger partial charge in [-0.3, -0.25) is 0 Å². The summed E-state index contributed by atoms with van der Waals surface area (Å²) in [4.78, 5) is 0. The fourth-order valence-electron chi connectivity index (χ4n) is 7.39. The van der Waals surface area contributed by atoms with Crippen molar-refractivity contribution in [1.82, 2.24) is 0 Å². The third-order valence-electron chi connectivity index (χ3n) is 10.3. The van der Waals surface area contributed by atoms with Gasteiger partial charge in [-0.2, -0.15) is 0 Å². The van der Waals surface area contributed by atoms with Gasteiger partial charge in [-0.05, 0) is 131 Å². The number of hydrogen-bond donors (Lipinski definition) is 0. The Bertz CT molecular complexity index is 2530. The second kappa shape index (κ2) is 14.9. The minimum Gasteiger partial charge on any atom is -0.0622 e. The third-order valence-corrected chi connectivity index (χ3v) is 10.3. The summed E-state index contributed by atoms with van der Waals surface area (Å²) < 4.78 is 0. The van der Waals surface area contributed by atoms with Gasteiger partial charge in [0.25, 0.3) is 0 Å². The Morgan fingerprint density at radius 2 is 0.278 bits per heavy atom. The van der Waals surface area contributed by atoms with E-state index in [4.69, 9.17) is 0 Å². The van der Waals surface area contributed by atoms with Crippen LogP contribution in [-0.4, -0.2) is 0 Å². The molecule has 0 atom stereocenters. The van der Waals surface area contributed by atoms with Crippen molar-refractivity contribution in [2.24, 2.45) is 0 Å². The third kappa shape index (κ3) is 7.06. The van der Waals surface area contributed by atoms with E-state index in [2.05, 4.69) is 231 Å². The molecule has 0 aliphatic heterocycles. The van der Waals surface area contributed by atoms with E-state index in [-0.39, 0.29) is 0 Å². The van der Waals surface area contributed by atoms with Gasteiger partial charge in [-0.25, -0.2) is 0 Å². The van der Waals surface area contributed by atoms with Gasteiger partial charge in [0.2, 0.25) is 0 Å². The highest BCUT2D eigenvalue weighted by atomic mass is 14.2. The Balaban J connectivity index is 1.13. The molecule has 0 N–H and O–H groups in total. The van der Waals surface area contributed by atoms with Crippen LogP contribution >= 0.6 is 0 Å². The molecule has 0 bridgehead atoms. The van der Waals surface area contributed by atoms with E-state index in [1.54, 1.807) is 0 Å². The van der Waals surface area contributed by atoms with Crippen molar-refractivity contribution in [3.05, 3.63) is 231 Å². The molecule has 0 aliphatic rings. The lowest BCUT2D eigenvalue weighted by Crippen LogP contribution is -1.88. The van der Waals surface area contributed by atoms with Crippen LogP contribution in [0.15, 0.2) is 231 Å². The topological polar surface area (TPSA) is 0 Å². The van der Waals surface area contributed by atoms with Crippen molar-refractivity contribution in [3.63, 3.8) is 0 Å². The highest BCUT2D eigenvalue weighted by molar-refractivity contribution is 5.85. The second-order valence-electron chi connectivity index (χ2n) is 13.8. The SMILES string of the molecule is c1ccc(-c2ccc(-c3cc(-c4cccc(-c5cccc(-c6ccccc6)c5)c4)cc(-c4cccc(-c5cccc(-c6ccccc6)c5)c4)c3)cc2)cc1. The molecule has 0 aromatic heterocycles. The Hall–Kier alpha value is -7.02. The highest BCUT2D eigenvalue weighted by Gasteiger charge is 2.11. The van der Waals surface area contributed by atoms with Crippen LogP contribution in [0.4, 0.5) is 0 Å². The van der Waals surface area contributed by atoms with E-state index < -0.39 is 0 Å². The van der Waals surface area contributed by atoms with E-state index in [1.165, 1.54) is 89.0 Å².